The fraction of sp³-hybridized carbons (Fsp3) is 0.217. The second kappa shape index (κ2) is 17.3. The van der Waals surface area contributed by atoms with Crippen LogP contribution in [0.25, 0.3) is 21.5 Å². The van der Waals surface area contributed by atoms with Crippen LogP contribution in [0.4, 0.5) is 0 Å². The Hall–Kier alpha value is -4.69. The van der Waals surface area contributed by atoms with Crippen molar-refractivity contribution in [2.24, 2.45) is 0 Å². The van der Waals surface area contributed by atoms with Crippen LogP contribution in [0.15, 0.2) is 135 Å². The molecule has 1 atom stereocenters. The zero-order valence-corrected chi connectivity index (χ0v) is 31.9. The Labute approximate surface area is 301 Å². The molecule has 0 spiro atoms. The summed E-state index contributed by atoms with van der Waals surface area (Å²) in [5, 5.41) is 6.97. The second-order valence-corrected chi connectivity index (χ2v) is 20.0. The molecule has 4 heteroatoms. The quantitative estimate of drug-likeness (QED) is 0.0501. The predicted molar refractivity (Wildman–Crippen MR) is 220 cm³/mol. The number of fused-ring (bicyclic) bond motifs is 2. The molecule has 0 fully saturated rings. The molecule has 252 valence electrons. The van der Waals surface area contributed by atoms with Crippen molar-refractivity contribution in [1.29, 1.82) is 0 Å². The highest BCUT2D eigenvalue weighted by atomic mass is 28.4. The van der Waals surface area contributed by atoms with Crippen molar-refractivity contribution in [1.82, 2.24) is 0 Å². The molecule has 0 aliphatic carbocycles. The Morgan fingerprint density at radius 3 is 1.22 bits per heavy atom. The molecule has 1 unspecified atom stereocenters. The number of benzene rings is 5. The molecule has 5 rings (SSSR count). The molecule has 5 aromatic rings. The van der Waals surface area contributed by atoms with Crippen molar-refractivity contribution in [2.75, 3.05) is 13.2 Å². The third-order valence-electron chi connectivity index (χ3n) is 9.33. The van der Waals surface area contributed by atoms with E-state index in [9.17, 15) is 0 Å². The molecular formula is C46H48O2Si2. The van der Waals surface area contributed by atoms with Crippen molar-refractivity contribution in [3.05, 3.63) is 157 Å². The monoisotopic (exact) mass is 688 g/mol. The highest BCUT2D eigenvalue weighted by molar-refractivity contribution is 6.87. The van der Waals surface area contributed by atoms with Crippen molar-refractivity contribution in [2.45, 2.75) is 51.4 Å². The minimum atomic E-state index is -2.22. The van der Waals surface area contributed by atoms with Crippen LogP contribution in [-0.2, 0) is 8.85 Å². The van der Waals surface area contributed by atoms with Crippen molar-refractivity contribution >= 4 is 48.6 Å². The smallest absolute Gasteiger partial charge is 0.231 e. The van der Waals surface area contributed by atoms with E-state index in [2.05, 4.69) is 161 Å². The van der Waals surface area contributed by atoms with E-state index in [1.54, 1.807) is 0 Å². The molecule has 0 heterocycles. The normalized spacial score (nSPS) is 12.3. The van der Waals surface area contributed by atoms with Gasteiger partial charge < -0.3 is 8.85 Å². The maximum atomic E-state index is 6.48. The van der Waals surface area contributed by atoms with E-state index >= 15 is 0 Å². The molecule has 0 saturated carbocycles. The fourth-order valence-electron chi connectivity index (χ4n) is 7.14. The zero-order chi connectivity index (χ0) is 35.4. The Morgan fingerprint density at radius 1 is 0.500 bits per heavy atom. The number of allylic oxidation sites excluding steroid dienone is 3. The molecule has 0 N–H and O–H groups in total. The van der Waals surface area contributed by atoms with E-state index in [1.165, 1.54) is 10.4 Å². The largest absolute Gasteiger partial charge is 0.412 e. The van der Waals surface area contributed by atoms with Gasteiger partial charge >= 0.3 is 0 Å². The summed E-state index contributed by atoms with van der Waals surface area (Å²) in [6.45, 7) is 19.8. The van der Waals surface area contributed by atoms with E-state index in [0.717, 1.165) is 81.0 Å². The lowest BCUT2D eigenvalue weighted by Crippen LogP contribution is -2.50. The molecular weight excluding hydrogens is 641 g/mol. The molecule has 0 aliphatic rings. The van der Waals surface area contributed by atoms with Gasteiger partial charge in [0.1, 0.15) is 0 Å². The van der Waals surface area contributed by atoms with Gasteiger partial charge in [-0.1, -0.05) is 128 Å². The van der Waals surface area contributed by atoms with Crippen LogP contribution in [0.2, 0.25) is 24.2 Å². The van der Waals surface area contributed by atoms with Crippen LogP contribution in [-0.4, -0.2) is 29.8 Å². The van der Waals surface area contributed by atoms with Crippen LogP contribution >= 0.6 is 0 Å². The van der Waals surface area contributed by atoms with Crippen LogP contribution in [0.1, 0.15) is 49.4 Å². The molecule has 0 aliphatic heterocycles. The highest BCUT2D eigenvalue weighted by Gasteiger charge is 2.35. The summed E-state index contributed by atoms with van der Waals surface area (Å²) >= 11 is 0. The first-order valence-electron chi connectivity index (χ1n) is 17.8. The summed E-state index contributed by atoms with van der Waals surface area (Å²) in [6, 6.07) is 38.0. The van der Waals surface area contributed by atoms with E-state index in [-0.39, 0.29) is 0 Å². The maximum absolute atomic E-state index is 6.48. The van der Waals surface area contributed by atoms with Gasteiger partial charge in [0.2, 0.25) is 16.6 Å². The Kier molecular flexibility index (Phi) is 12.7. The summed E-state index contributed by atoms with van der Waals surface area (Å²) in [7, 11) is -4.32. The number of rotatable bonds is 14. The van der Waals surface area contributed by atoms with Crippen molar-refractivity contribution < 1.29 is 8.85 Å². The van der Waals surface area contributed by atoms with Gasteiger partial charge in [-0.25, -0.2) is 0 Å². The topological polar surface area (TPSA) is 18.5 Å². The average molecular weight is 689 g/mol. The molecule has 2 nitrogen and oxygen atoms in total. The summed E-state index contributed by atoms with van der Waals surface area (Å²) in [5.74, 6) is 14.1. The third kappa shape index (κ3) is 7.86. The van der Waals surface area contributed by atoms with Crippen LogP contribution in [0.3, 0.4) is 0 Å². The first-order valence-corrected chi connectivity index (χ1v) is 22.4. The second-order valence-electron chi connectivity index (χ2n) is 12.6. The number of hydrogen-bond acceptors (Lipinski definition) is 2. The lowest BCUT2D eigenvalue weighted by Gasteiger charge is -2.30. The Balaban J connectivity index is 1.54. The molecule has 0 radical (unpaired) electrons. The fourth-order valence-corrected chi connectivity index (χ4v) is 14.2. The minimum Gasteiger partial charge on any atom is -0.412 e. The summed E-state index contributed by atoms with van der Waals surface area (Å²) in [6.07, 6.45) is 7.08. The average Bonchev–Trinajstić information content (AvgIpc) is 3.14. The van der Waals surface area contributed by atoms with Gasteiger partial charge in [-0.2, -0.15) is 0 Å². The van der Waals surface area contributed by atoms with Crippen LogP contribution in [0.5, 0.6) is 0 Å². The molecule has 50 heavy (non-hydrogen) atoms. The standard InChI is InChI=1S/C46H48O2Si2/c1-7-33-49(34-8-2,47-11-5)39-27-21-37(22-28-39)25-31-45-41-17-13-15-19-43(41)46(44-20-16-14-18-42(44)45)32-26-38-23-29-40(30-24-38)50(35-9-3,36-10-4)48-12-6/h7-9,13-24,27-30H,1-3,10-12,33-36H2,4-6H3. The molecule has 0 aromatic heterocycles. The van der Waals surface area contributed by atoms with E-state index in [0.29, 0.717) is 6.61 Å². The first-order chi connectivity index (χ1) is 24.5. The van der Waals surface area contributed by atoms with E-state index < -0.39 is 16.6 Å². The maximum Gasteiger partial charge on any atom is 0.231 e. The SMILES string of the molecule is C=CC[Si](CC=C)(OCC)c1ccc(C#Cc2c3ccccc3c(C#Cc3ccc([Si](CC=C)(CCC)OCC)cc3)c3ccccc23)cc1. The zero-order valence-electron chi connectivity index (χ0n) is 29.9. The molecule has 0 bridgehead atoms. The van der Waals surface area contributed by atoms with Crippen LogP contribution < -0.4 is 10.4 Å². The predicted octanol–water partition coefficient (Wildman–Crippen LogP) is 10.1. The van der Waals surface area contributed by atoms with Gasteiger partial charge in [-0.15, -0.1) is 19.7 Å². The van der Waals surface area contributed by atoms with E-state index in [4.69, 9.17) is 8.85 Å². The summed E-state index contributed by atoms with van der Waals surface area (Å²) < 4.78 is 12.9. The van der Waals surface area contributed by atoms with Crippen molar-refractivity contribution in [3.63, 3.8) is 0 Å². The van der Waals surface area contributed by atoms with Gasteiger partial charge in [-0.3, -0.25) is 0 Å². The van der Waals surface area contributed by atoms with Gasteiger partial charge in [0.05, 0.1) is 0 Å². The summed E-state index contributed by atoms with van der Waals surface area (Å²) in [4.78, 5) is 0. The van der Waals surface area contributed by atoms with Gasteiger partial charge in [0.15, 0.2) is 0 Å². The van der Waals surface area contributed by atoms with Gasteiger partial charge in [0, 0.05) is 35.5 Å². The van der Waals surface area contributed by atoms with Crippen LogP contribution in [0, 0.1) is 23.7 Å². The Morgan fingerprint density at radius 2 is 0.860 bits per heavy atom. The lowest BCUT2D eigenvalue weighted by molar-refractivity contribution is 0.330. The van der Waals surface area contributed by atoms with Crippen molar-refractivity contribution in [3.8, 4) is 23.7 Å². The first kappa shape index (κ1) is 36.6. The minimum absolute atomic E-state index is 0.675. The molecule has 5 aromatic carbocycles. The third-order valence-corrected chi connectivity index (χ3v) is 17.9. The van der Waals surface area contributed by atoms with Gasteiger partial charge in [0.25, 0.3) is 0 Å². The lowest BCUT2D eigenvalue weighted by atomic mass is 9.92. The number of hydrogen-bond donors (Lipinski definition) is 0. The highest BCUT2D eigenvalue weighted by Crippen LogP contribution is 2.32. The van der Waals surface area contributed by atoms with Gasteiger partial charge in [-0.05, 0) is 94.2 Å². The summed E-state index contributed by atoms with van der Waals surface area (Å²) in [5.41, 5.74) is 3.99. The van der Waals surface area contributed by atoms with E-state index in [1.807, 2.05) is 18.2 Å². The molecule has 0 amide bonds. The molecule has 0 saturated heterocycles. The Bertz CT molecular complexity index is 2010.